The number of rotatable bonds is 2. The summed E-state index contributed by atoms with van der Waals surface area (Å²) in [7, 11) is 0. The van der Waals surface area contributed by atoms with Crippen LogP contribution in [-0.2, 0) is 5.75 Å². The smallest absolute Gasteiger partial charge is 0.246 e. The van der Waals surface area contributed by atoms with Crippen molar-refractivity contribution in [2.45, 2.75) is 5.75 Å². The molecule has 0 amide bonds. The Morgan fingerprint density at radius 1 is 1.67 bits per heavy atom. The summed E-state index contributed by atoms with van der Waals surface area (Å²) in [5.74, 6) is 1.42. The predicted octanol–water partition coefficient (Wildman–Crippen LogP) is 3.76. The van der Waals surface area contributed by atoms with Crippen LogP contribution in [0.5, 0.6) is 0 Å². The van der Waals surface area contributed by atoms with E-state index in [0.717, 1.165) is 5.76 Å². The van der Waals surface area contributed by atoms with Crippen LogP contribution in [0.15, 0.2) is 21.2 Å². The third-order valence-corrected chi connectivity index (χ3v) is 3.41. The molecule has 0 atom stereocenters. The number of furan rings is 1. The molecule has 0 saturated heterocycles. The summed E-state index contributed by atoms with van der Waals surface area (Å²) in [4.78, 5) is 10.9. The van der Waals surface area contributed by atoms with E-state index in [-0.39, 0.29) is 4.45 Å². The largest absolute Gasteiger partial charge is 0.453 e. The molecule has 0 aliphatic heterocycles. The van der Waals surface area contributed by atoms with Gasteiger partial charge in [-0.3, -0.25) is 4.79 Å². The third kappa shape index (κ3) is 3.25. The maximum atomic E-state index is 10.9. The van der Waals surface area contributed by atoms with E-state index in [1.54, 1.807) is 6.26 Å². The van der Waals surface area contributed by atoms with Crippen molar-refractivity contribution < 1.29 is 9.21 Å². The lowest BCUT2D eigenvalue weighted by Gasteiger charge is -1.93. The van der Waals surface area contributed by atoms with Gasteiger partial charge in [0.05, 0.1) is 5.75 Å². The van der Waals surface area contributed by atoms with Crippen molar-refractivity contribution in [2.75, 3.05) is 6.26 Å². The van der Waals surface area contributed by atoms with Crippen molar-refractivity contribution in [3.8, 4) is 0 Å². The highest BCUT2D eigenvalue weighted by Gasteiger charge is 2.03. The van der Waals surface area contributed by atoms with Gasteiger partial charge < -0.3 is 4.42 Å². The predicted molar refractivity (Wildman–Crippen MR) is 56.6 cm³/mol. The number of carbonyl (C=O) groups excluding carboxylic acids is 1. The molecule has 0 aromatic carbocycles. The van der Waals surface area contributed by atoms with E-state index >= 15 is 0 Å². The summed E-state index contributed by atoms with van der Waals surface area (Å²) in [5, 5.41) is 0. The number of hydrogen-bond acceptors (Lipinski definition) is 4. The molecule has 66 valence electrons. The number of hydrogen-bond donors (Lipinski definition) is 0. The van der Waals surface area contributed by atoms with Gasteiger partial charge >= 0.3 is 0 Å². The molecular formula is C7H7BrO2S2. The average molecular weight is 267 g/mol. The van der Waals surface area contributed by atoms with Crippen LogP contribution in [0.25, 0.3) is 0 Å². The lowest BCUT2D eigenvalue weighted by molar-refractivity contribution is 0.276. The number of thioether (sulfide) groups is 2. The van der Waals surface area contributed by atoms with E-state index in [2.05, 4.69) is 15.9 Å². The lowest BCUT2D eigenvalue weighted by atomic mass is 10.5. The highest BCUT2D eigenvalue weighted by atomic mass is 79.9. The van der Waals surface area contributed by atoms with Crippen molar-refractivity contribution in [3.63, 3.8) is 0 Å². The zero-order valence-electron chi connectivity index (χ0n) is 6.37. The van der Waals surface area contributed by atoms with Crippen molar-refractivity contribution in [1.29, 1.82) is 0 Å². The first-order valence-electron chi connectivity index (χ1n) is 3.17. The SMILES string of the molecule is CSC(=O)SCc1ccc(Br)o1. The number of halogens is 1. The van der Waals surface area contributed by atoms with Gasteiger partial charge in [0.2, 0.25) is 4.45 Å². The second-order valence-corrected chi connectivity index (χ2v) is 4.72. The minimum Gasteiger partial charge on any atom is -0.453 e. The molecule has 0 unspecified atom stereocenters. The fraction of sp³-hybridized carbons (Fsp3) is 0.286. The van der Waals surface area contributed by atoms with Crippen LogP contribution in [0, 0.1) is 0 Å². The fourth-order valence-electron chi connectivity index (χ4n) is 0.618. The second kappa shape index (κ2) is 4.99. The minimum atomic E-state index is 0.113. The van der Waals surface area contributed by atoms with Crippen molar-refractivity contribution in [3.05, 3.63) is 22.6 Å². The molecule has 5 heteroatoms. The normalized spacial score (nSPS) is 10.2. The summed E-state index contributed by atoms with van der Waals surface area (Å²) in [6.07, 6.45) is 1.77. The molecule has 0 fully saturated rings. The first-order chi connectivity index (χ1) is 5.72. The van der Waals surface area contributed by atoms with Gasteiger partial charge in [0, 0.05) is 0 Å². The van der Waals surface area contributed by atoms with Crippen molar-refractivity contribution >= 4 is 43.9 Å². The minimum absolute atomic E-state index is 0.113. The molecule has 0 saturated carbocycles. The van der Waals surface area contributed by atoms with E-state index in [4.69, 9.17) is 4.42 Å². The zero-order valence-corrected chi connectivity index (χ0v) is 9.59. The molecule has 0 bridgehead atoms. The molecule has 1 aromatic rings. The molecule has 0 N–H and O–H groups in total. The molecule has 1 heterocycles. The van der Waals surface area contributed by atoms with E-state index in [1.807, 2.05) is 12.1 Å². The van der Waals surface area contributed by atoms with Crippen LogP contribution < -0.4 is 0 Å². The van der Waals surface area contributed by atoms with Crippen LogP contribution in [0.2, 0.25) is 0 Å². The van der Waals surface area contributed by atoms with Gasteiger partial charge in [-0.15, -0.1) is 0 Å². The summed E-state index contributed by atoms with van der Waals surface area (Å²) < 4.78 is 6.03. The molecule has 0 aliphatic rings. The van der Waals surface area contributed by atoms with Gasteiger partial charge in [0.25, 0.3) is 0 Å². The summed E-state index contributed by atoms with van der Waals surface area (Å²) in [6, 6.07) is 3.67. The van der Waals surface area contributed by atoms with Crippen LogP contribution in [0.1, 0.15) is 5.76 Å². The number of carbonyl (C=O) groups is 1. The molecule has 12 heavy (non-hydrogen) atoms. The molecule has 1 aromatic heterocycles. The van der Waals surface area contributed by atoms with Gasteiger partial charge in [-0.2, -0.15) is 0 Å². The standard InChI is InChI=1S/C7H7BrO2S2/c1-11-7(9)12-4-5-2-3-6(8)10-5/h2-3H,4H2,1H3. The Balaban J connectivity index is 2.38. The van der Waals surface area contributed by atoms with E-state index in [9.17, 15) is 4.79 Å². The Labute approximate surface area is 87.6 Å². The van der Waals surface area contributed by atoms with Gasteiger partial charge in [0.15, 0.2) is 4.67 Å². The average Bonchev–Trinajstić information content (AvgIpc) is 2.47. The van der Waals surface area contributed by atoms with Gasteiger partial charge in [-0.25, -0.2) is 0 Å². The molecule has 0 spiro atoms. The quantitative estimate of drug-likeness (QED) is 0.816. The van der Waals surface area contributed by atoms with Crippen LogP contribution >= 0.6 is 39.5 Å². The Bertz CT molecular complexity index is 272. The Kier molecular flexibility index (Phi) is 4.25. The van der Waals surface area contributed by atoms with E-state index in [1.165, 1.54) is 23.5 Å². The van der Waals surface area contributed by atoms with Crippen molar-refractivity contribution in [1.82, 2.24) is 0 Å². The Hall–Kier alpha value is 0.130. The van der Waals surface area contributed by atoms with Gasteiger partial charge in [-0.05, 0) is 34.3 Å². The Morgan fingerprint density at radius 2 is 2.42 bits per heavy atom. The van der Waals surface area contributed by atoms with Crippen molar-refractivity contribution in [2.24, 2.45) is 0 Å². The van der Waals surface area contributed by atoms with Crippen LogP contribution in [-0.4, -0.2) is 10.7 Å². The molecule has 0 aliphatic carbocycles. The molecule has 1 rings (SSSR count). The summed E-state index contributed by atoms with van der Waals surface area (Å²) >= 11 is 5.66. The van der Waals surface area contributed by atoms with Crippen LogP contribution in [0.4, 0.5) is 4.79 Å². The summed E-state index contributed by atoms with van der Waals surface area (Å²) in [5.41, 5.74) is 0. The molecule has 2 nitrogen and oxygen atoms in total. The molecule has 0 radical (unpaired) electrons. The van der Waals surface area contributed by atoms with Gasteiger partial charge in [0.1, 0.15) is 5.76 Å². The first kappa shape index (κ1) is 10.2. The Morgan fingerprint density at radius 3 is 2.92 bits per heavy atom. The van der Waals surface area contributed by atoms with Crippen LogP contribution in [0.3, 0.4) is 0 Å². The molecular weight excluding hydrogens is 260 g/mol. The van der Waals surface area contributed by atoms with Gasteiger partial charge in [-0.1, -0.05) is 23.5 Å². The lowest BCUT2D eigenvalue weighted by Crippen LogP contribution is -1.80. The second-order valence-electron chi connectivity index (χ2n) is 1.95. The highest BCUT2D eigenvalue weighted by molar-refractivity contribution is 9.10. The maximum Gasteiger partial charge on any atom is 0.246 e. The third-order valence-electron chi connectivity index (χ3n) is 1.13. The highest BCUT2D eigenvalue weighted by Crippen LogP contribution is 2.22. The first-order valence-corrected chi connectivity index (χ1v) is 6.17. The zero-order chi connectivity index (χ0) is 8.97. The van der Waals surface area contributed by atoms with E-state index in [0.29, 0.717) is 10.4 Å². The monoisotopic (exact) mass is 266 g/mol. The summed E-state index contributed by atoms with van der Waals surface area (Å²) in [6.45, 7) is 0. The fourth-order valence-corrected chi connectivity index (χ4v) is 2.02. The topological polar surface area (TPSA) is 30.2 Å². The van der Waals surface area contributed by atoms with E-state index < -0.39 is 0 Å². The maximum absolute atomic E-state index is 10.9.